The third kappa shape index (κ3) is 5.65. The highest BCUT2D eigenvalue weighted by Crippen LogP contribution is 2.29. The van der Waals surface area contributed by atoms with E-state index in [1.165, 1.54) is 45.6 Å². The Morgan fingerprint density at radius 3 is 2.52 bits per heavy atom. The molecule has 0 saturated carbocycles. The molecule has 2 aromatic rings. The third-order valence-electron chi connectivity index (χ3n) is 5.11. The topological polar surface area (TPSA) is 46.9 Å². The normalized spacial score (nSPS) is 12.2. The fourth-order valence-electron chi connectivity index (χ4n) is 3.50. The van der Waals surface area contributed by atoms with Crippen molar-refractivity contribution >= 4 is 11.6 Å². The van der Waals surface area contributed by atoms with Crippen LogP contribution in [0.3, 0.4) is 0 Å². The molecule has 1 amide bonds. The van der Waals surface area contributed by atoms with E-state index >= 15 is 0 Å². The highest BCUT2D eigenvalue weighted by molar-refractivity contribution is 6.05. The Hall–Kier alpha value is -2.17. The summed E-state index contributed by atoms with van der Waals surface area (Å²) < 4.78 is 15.3. The lowest BCUT2D eigenvalue weighted by Crippen LogP contribution is -2.16. The molecule has 0 aliphatic heterocycles. The minimum Gasteiger partial charge on any atom is -0.322 e. The van der Waals surface area contributed by atoms with Gasteiger partial charge in [-0.3, -0.25) is 4.79 Å². The minimum atomic E-state index is -0.609. The Labute approximate surface area is 162 Å². The second-order valence-electron chi connectivity index (χ2n) is 7.37. The molecule has 0 spiro atoms. The van der Waals surface area contributed by atoms with Gasteiger partial charge in [-0.1, -0.05) is 70.6 Å². The Kier molecular flexibility index (Phi) is 8.01. The molecule has 27 heavy (non-hydrogen) atoms. The average molecular weight is 374 g/mol. The van der Waals surface area contributed by atoms with Gasteiger partial charge in [0.1, 0.15) is 5.56 Å². The van der Waals surface area contributed by atoms with Crippen LogP contribution in [0.5, 0.6) is 0 Å². The van der Waals surface area contributed by atoms with Crippen molar-refractivity contribution in [3.8, 4) is 0 Å². The Morgan fingerprint density at radius 2 is 1.85 bits per heavy atom. The molecule has 1 unspecified atom stereocenters. The average Bonchev–Trinajstić information content (AvgIpc) is 2.90. The van der Waals surface area contributed by atoms with Crippen LogP contribution in [0.15, 0.2) is 24.3 Å². The van der Waals surface area contributed by atoms with Crippen LogP contribution in [-0.2, 0) is 7.05 Å². The summed E-state index contributed by atoms with van der Waals surface area (Å²) in [4.78, 5) is 12.6. The predicted octanol–water partition coefficient (Wildman–Crippen LogP) is 5.97. The number of para-hydroxylation sites is 1. The molecular weight excluding hydrogens is 341 g/mol. The number of rotatable bonds is 10. The number of unbranched alkanes of at least 4 members (excludes halogenated alkanes) is 5. The van der Waals surface area contributed by atoms with Crippen LogP contribution < -0.4 is 5.32 Å². The number of aromatic nitrogens is 2. The van der Waals surface area contributed by atoms with Crippen LogP contribution in [0.4, 0.5) is 10.1 Å². The molecule has 1 heterocycles. The number of hydrogen-bond acceptors (Lipinski definition) is 2. The van der Waals surface area contributed by atoms with E-state index in [1.54, 1.807) is 6.92 Å². The maximum absolute atomic E-state index is 14.2. The number of halogens is 1. The summed E-state index contributed by atoms with van der Waals surface area (Å²) in [6.07, 6.45) is 8.70. The van der Waals surface area contributed by atoms with Crippen LogP contribution in [0.25, 0.3) is 0 Å². The standard InChI is InChI=1S/C22H32FN3O/c1-5-6-7-8-9-10-13-16(2)18-14-11-12-15-19(18)24-22(27)20-17(3)25-26(4)21(20)23/h11-12,14-16H,5-10,13H2,1-4H3,(H,24,27). The van der Waals surface area contributed by atoms with Crippen LogP contribution in [-0.4, -0.2) is 15.7 Å². The first-order chi connectivity index (χ1) is 13.0. The fourth-order valence-corrected chi connectivity index (χ4v) is 3.50. The molecule has 0 aliphatic rings. The number of nitrogens with one attached hydrogen (secondary N) is 1. The molecule has 1 aromatic carbocycles. The van der Waals surface area contributed by atoms with Gasteiger partial charge >= 0.3 is 0 Å². The molecule has 0 saturated heterocycles. The maximum atomic E-state index is 14.2. The zero-order valence-electron chi connectivity index (χ0n) is 17.0. The number of aryl methyl sites for hydroxylation is 2. The van der Waals surface area contributed by atoms with Crippen molar-refractivity contribution < 1.29 is 9.18 Å². The largest absolute Gasteiger partial charge is 0.322 e. The molecule has 148 valence electrons. The zero-order valence-corrected chi connectivity index (χ0v) is 17.0. The van der Waals surface area contributed by atoms with Gasteiger partial charge in [0, 0.05) is 12.7 Å². The number of nitrogens with zero attached hydrogens (tertiary/aromatic N) is 2. The third-order valence-corrected chi connectivity index (χ3v) is 5.11. The quantitative estimate of drug-likeness (QED) is 0.521. The van der Waals surface area contributed by atoms with Gasteiger partial charge < -0.3 is 5.32 Å². The Balaban J connectivity index is 2.01. The van der Waals surface area contributed by atoms with Crippen LogP contribution in [0.2, 0.25) is 0 Å². The molecule has 1 N–H and O–H groups in total. The van der Waals surface area contributed by atoms with E-state index in [1.807, 2.05) is 24.3 Å². The number of benzene rings is 1. The van der Waals surface area contributed by atoms with Gasteiger partial charge in [0.2, 0.25) is 5.95 Å². The van der Waals surface area contributed by atoms with Crippen molar-refractivity contribution in [3.05, 3.63) is 47.0 Å². The van der Waals surface area contributed by atoms with E-state index in [0.717, 1.165) is 22.4 Å². The summed E-state index contributed by atoms with van der Waals surface area (Å²) >= 11 is 0. The molecule has 0 fully saturated rings. The van der Waals surface area contributed by atoms with Crippen LogP contribution >= 0.6 is 0 Å². The summed E-state index contributed by atoms with van der Waals surface area (Å²) in [5, 5.41) is 6.87. The van der Waals surface area contributed by atoms with Gasteiger partial charge in [0.15, 0.2) is 0 Å². The number of carbonyl (C=O) groups is 1. The van der Waals surface area contributed by atoms with E-state index < -0.39 is 11.9 Å². The summed E-state index contributed by atoms with van der Waals surface area (Å²) in [7, 11) is 1.50. The second-order valence-corrected chi connectivity index (χ2v) is 7.37. The number of carbonyl (C=O) groups excluding carboxylic acids is 1. The first kappa shape index (κ1) is 21.1. The fraction of sp³-hybridized carbons (Fsp3) is 0.545. The van der Waals surface area contributed by atoms with Crippen molar-refractivity contribution in [2.75, 3.05) is 5.32 Å². The highest BCUT2D eigenvalue weighted by Gasteiger charge is 2.21. The van der Waals surface area contributed by atoms with Gasteiger partial charge in [-0.25, -0.2) is 4.68 Å². The van der Waals surface area contributed by atoms with Crippen molar-refractivity contribution in [1.29, 1.82) is 0 Å². The molecular formula is C22H32FN3O. The lowest BCUT2D eigenvalue weighted by molar-refractivity contribution is 0.102. The molecule has 2 rings (SSSR count). The smallest absolute Gasteiger partial charge is 0.262 e. The molecule has 1 aromatic heterocycles. The minimum absolute atomic E-state index is 0.0101. The highest BCUT2D eigenvalue weighted by atomic mass is 19.1. The second kappa shape index (κ2) is 10.2. The molecule has 0 radical (unpaired) electrons. The maximum Gasteiger partial charge on any atom is 0.262 e. The van der Waals surface area contributed by atoms with Gasteiger partial charge in [-0.15, -0.1) is 0 Å². The predicted molar refractivity (Wildman–Crippen MR) is 109 cm³/mol. The summed E-state index contributed by atoms with van der Waals surface area (Å²) in [5.74, 6) is -0.715. The summed E-state index contributed by atoms with van der Waals surface area (Å²) in [5.41, 5.74) is 2.26. The summed E-state index contributed by atoms with van der Waals surface area (Å²) in [6, 6.07) is 7.81. The number of amides is 1. The van der Waals surface area contributed by atoms with Crippen molar-refractivity contribution in [2.24, 2.45) is 7.05 Å². The first-order valence-corrected chi connectivity index (χ1v) is 10.0. The van der Waals surface area contributed by atoms with E-state index in [0.29, 0.717) is 11.6 Å². The van der Waals surface area contributed by atoms with E-state index in [-0.39, 0.29) is 5.56 Å². The van der Waals surface area contributed by atoms with Gasteiger partial charge in [-0.2, -0.15) is 9.49 Å². The van der Waals surface area contributed by atoms with Crippen molar-refractivity contribution in [3.63, 3.8) is 0 Å². The van der Waals surface area contributed by atoms with Crippen LogP contribution in [0.1, 0.15) is 86.3 Å². The van der Waals surface area contributed by atoms with Gasteiger partial charge in [-0.05, 0) is 30.9 Å². The van der Waals surface area contributed by atoms with Crippen molar-refractivity contribution in [1.82, 2.24) is 9.78 Å². The molecule has 4 nitrogen and oxygen atoms in total. The van der Waals surface area contributed by atoms with Gasteiger partial charge in [0.05, 0.1) is 5.69 Å². The first-order valence-electron chi connectivity index (χ1n) is 10.0. The Morgan fingerprint density at radius 1 is 1.19 bits per heavy atom. The summed E-state index contributed by atoms with van der Waals surface area (Å²) in [6.45, 7) is 6.06. The lowest BCUT2D eigenvalue weighted by Gasteiger charge is -2.17. The molecule has 5 heteroatoms. The van der Waals surface area contributed by atoms with Gasteiger partial charge in [0.25, 0.3) is 5.91 Å². The SMILES string of the molecule is CCCCCCCCC(C)c1ccccc1NC(=O)c1c(C)nn(C)c1F. The molecule has 0 aliphatic carbocycles. The van der Waals surface area contributed by atoms with Crippen LogP contribution in [0, 0.1) is 12.9 Å². The van der Waals surface area contributed by atoms with Crippen molar-refractivity contribution in [2.45, 2.75) is 71.6 Å². The monoisotopic (exact) mass is 373 g/mol. The van der Waals surface area contributed by atoms with E-state index in [4.69, 9.17) is 0 Å². The number of hydrogen-bond donors (Lipinski definition) is 1. The van der Waals surface area contributed by atoms with E-state index in [9.17, 15) is 9.18 Å². The number of anilines is 1. The molecule has 0 bridgehead atoms. The van der Waals surface area contributed by atoms with E-state index in [2.05, 4.69) is 24.3 Å². The lowest BCUT2D eigenvalue weighted by atomic mass is 9.93. The Bertz CT molecular complexity index is 754. The zero-order chi connectivity index (χ0) is 19.8. The molecule has 1 atom stereocenters.